The van der Waals surface area contributed by atoms with Gasteiger partial charge in [0.1, 0.15) is 5.84 Å². The molecule has 204 valence electrons. The average Bonchev–Trinajstić information content (AvgIpc) is 3.32. The van der Waals surface area contributed by atoms with E-state index in [1.165, 1.54) is 36.0 Å². The number of carbonyl (C=O) groups excluding carboxylic acids is 1. The van der Waals surface area contributed by atoms with Gasteiger partial charge in [-0.1, -0.05) is 81.1 Å². The molecule has 38 heavy (non-hydrogen) atoms. The van der Waals surface area contributed by atoms with Gasteiger partial charge >= 0.3 is 0 Å². The first-order valence-corrected chi connectivity index (χ1v) is 14.1. The van der Waals surface area contributed by atoms with E-state index in [1.807, 2.05) is 28.9 Å². The number of ether oxygens (including phenoxy) is 1. The Bertz CT molecular complexity index is 1130. The number of methoxy groups -OCH3 is 1. The normalized spacial score (nSPS) is 11.1. The number of ketones is 1. The molecule has 6 heteroatoms. The molecule has 0 radical (unpaired) electrons. The van der Waals surface area contributed by atoms with E-state index in [2.05, 4.69) is 36.3 Å². The smallest absolute Gasteiger partial charge is 0.166 e. The maximum Gasteiger partial charge on any atom is 0.166 e. The summed E-state index contributed by atoms with van der Waals surface area (Å²) in [7, 11) is 1.73. The van der Waals surface area contributed by atoms with Crippen molar-refractivity contribution >= 4 is 11.6 Å². The predicted octanol–water partition coefficient (Wildman–Crippen LogP) is 6.51. The third kappa shape index (κ3) is 9.25. The van der Waals surface area contributed by atoms with Crippen molar-refractivity contribution in [2.75, 3.05) is 13.7 Å². The van der Waals surface area contributed by atoms with Crippen LogP contribution < -0.4 is 5.73 Å². The molecule has 6 nitrogen and oxygen atoms in total. The van der Waals surface area contributed by atoms with E-state index >= 15 is 0 Å². The summed E-state index contributed by atoms with van der Waals surface area (Å²) < 4.78 is 7.22. The van der Waals surface area contributed by atoms with E-state index in [4.69, 9.17) is 15.9 Å². The number of hydrogen-bond donors (Lipinski definition) is 2. The number of nitrogens with zero attached hydrogens (tertiary/aromatic N) is 2. The van der Waals surface area contributed by atoms with Crippen molar-refractivity contribution in [3.05, 3.63) is 88.2 Å². The van der Waals surface area contributed by atoms with Crippen LogP contribution in [0.5, 0.6) is 0 Å². The maximum absolute atomic E-state index is 13.2. The molecule has 0 amide bonds. The van der Waals surface area contributed by atoms with E-state index in [0.29, 0.717) is 13.0 Å². The molecule has 3 rings (SSSR count). The molecule has 0 aliphatic heterocycles. The molecule has 1 heterocycles. The van der Waals surface area contributed by atoms with Crippen LogP contribution in [0.4, 0.5) is 0 Å². The number of benzene rings is 2. The number of amidine groups is 1. The number of nitrogen functional groups attached to an aromatic ring is 1. The van der Waals surface area contributed by atoms with Crippen LogP contribution in [0, 0.1) is 5.41 Å². The third-order valence-electron chi connectivity index (χ3n) is 7.10. The van der Waals surface area contributed by atoms with Crippen LogP contribution in [0.25, 0.3) is 0 Å². The van der Waals surface area contributed by atoms with Crippen LogP contribution in [0.2, 0.25) is 0 Å². The van der Waals surface area contributed by atoms with Crippen molar-refractivity contribution < 1.29 is 9.53 Å². The minimum Gasteiger partial charge on any atom is -0.384 e. The minimum absolute atomic E-state index is 0.0963. The fourth-order valence-electron chi connectivity index (χ4n) is 4.74. The molecule has 1 aromatic heterocycles. The quantitative estimate of drug-likeness (QED) is 0.0872. The average molecular weight is 517 g/mol. The summed E-state index contributed by atoms with van der Waals surface area (Å²) in [4.78, 5) is 13.2. The predicted molar refractivity (Wildman–Crippen MR) is 155 cm³/mol. The van der Waals surface area contributed by atoms with Gasteiger partial charge < -0.3 is 10.5 Å². The second-order valence-electron chi connectivity index (χ2n) is 10.1. The van der Waals surface area contributed by atoms with E-state index < -0.39 is 0 Å². The molecule has 0 saturated carbocycles. The van der Waals surface area contributed by atoms with Gasteiger partial charge in [-0.2, -0.15) is 5.10 Å². The molecular formula is C32H44N4O2. The van der Waals surface area contributed by atoms with Gasteiger partial charge in [0.05, 0.1) is 24.9 Å². The van der Waals surface area contributed by atoms with Gasteiger partial charge in [0.15, 0.2) is 5.78 Å². The minimum atomic E-state index is 0.0963. The van der Waals surface area contributed by atoms with Gasteiger partial charge in [-0.15, -0.1) is 0 Å². The van der Waals surface area contributed by atoms with Gasteiger partial charge in [0.25, 0.3) is 0 Å². The molecule has 3 aromatic rings. The maximum atomic E-state index is 13.2. The lowest BCUT2D eigenvalue weighted by molar-refractivity contribution is 0.0978. The largest absolute Gasteiger partial charge is 0.384 e. The molecule has 0 saturated heterocycles. The van der Waals surface area contributed by atoms with Crippen LogP contribution in [0.15, 0.2) is 54.7 Å². The highest BCUT2D eigenvalue weighted by Crippen LogP contribution is 2.19. The van der Waals surface area contributed by atoms with Crippen LogP contribution in [-0.2, 0) is 30.5 Å². The molecule has 0 aliphatic rings. The monoisotopic (exact) mass is 516 g/mol. The second-order valence-corrected chi connectivity index (χ2v) is 10.1. The Labute approximate surface area is 228 Å². The standard InChI is InChI=1S/C32H44N4O2/c1-3-4-5-8-11-30-29(23-35-36(30)24-27-15-13-26(14-16-27)21-22-38-2)31(37)12-9-6-7-10-25-17-19-28(20-18-25)32(33)34/h13-20,23H,3-12,21-22,24H2,1-2H3,(H3,33,34). The highest BCUT2D eigenvalue weighted by atomic mass is 16.5. The summed E-state index contributed by atoms with van der Waals surface area (Å²) in [5, 5.41) is 12.2. The molecule has 0 spiro atoms. The number of carbonyl (C=O) groups is 1. The number of nitrogens with two attached hydrogens (primary N) is 1. The van der Waals surface area contributed by atoms with Gasteiger partial charge in [0, 0.05) is 24.8 Å². The van der Waals surface area contributed by atoms with Crippen molar-refractivity contribution in [3.63, 3.8) is 0 Å². The topological polar surface area (TPSA) is 94.0 Å². The Morgan fingerprint density at radius 1 is 0.868 bits per heavy atom. The van der Waals surface area contributed by atoms with Gasteiger partial charge in [-0.3, -0.25) is 14.9 Å². The Hall–Kier alpha value is -3.25. The molecular weight excluding hydrogens is 472 g/mol. The Kier molecular flexibility index (Phi) is 12.2. The van der Waals surface area contributed by atoms with E-state index in [1.54, 1.807) is 13.3 Å². The van der Waals surface area contributed by atoms with E-state index in [9.17, 15) is 4.79 Å². The lowest BCUT2D eigenvalue weighted by Crippen LogP contribution is -2.10. The summed E-state index contributed by atoms with van der Waals surface area (Å²) in [6.45, 7) is 3.63. The lowest BCUT2D eigenvalue weighted by atomic mass is 10.00. The SMILES string of the molecule is CCCCCCc1c(C(=O)CCCCCc2ccc(C(=N)N)cc2)cnn1Cc1ccc(CCOC)cc1. The van der Waals surface area contributed by atoms with Gasteiger partial charge in [-0.05, 0) is 55.2 Å². The summed E-state index contributed by atoms with van der Waals surface area (Å²) in [5.41, 5.74) is 11.9. The summed E-state index contributed by atoms with van der Waals surface area (Å²) in [6.07, 6.45) is 12.7. The zero-order chi connectivity index (χ0) is 27.2. The Morgan fingerprint density at radius 2 is 1.50 bits per heavy atom. The molecule has 3 N–H and O–H groups in total. The first-order chi connectivity index (χ1) is 18.5. The van der Waals surface area contributed by atoms with Crippen LogP contribution >= 0.6 is 0 Å². The summed E-state index contributed by atoms with van der Waals surface area (Å²) in [6, 6.07) is 16.5. The highest BCUT2D eigenvalue weighted by Gasteiger charge is 2.17. The summed E-state index contributed by atoms with van der Waals surface area (Å²) in [5.74, 6) is 0.307. The van der Waals surface area contributed by atoms with Gasteiger partial charge in [-0.25, -0.2) is 0 Å². The number of Topliss-reactive ketones (excluding diaryl/α,β-unsaturated/α-hetero) is 1. The van der Waals surface area contributed by atoms with Crippen LogP contribution in [0.1, 0.15) is 96.6 Å². The third-order valence-corrected chi connectivity index (χ3v) is 7.10. The zero-order valence-electron chi connectivity index (χ0n) is 23.2. The van der Waals surface area contributed by atoms with Crippen molar-refractivity contribution in [2.45, 2.75) is 84.1 Å². The first-order valence-electron chi connectivity index (χ1n) is 14.1. The Morgan fingerprint density at radius 3 is 2.18 bits per heavy atom. The van der Waals surface area contributed by atoms with Crippen molar-refractivity contribution in [1.82, 2.24) is 9.78 Å². The van der Waals surface area contributed by atoms with Gasteiger partial charge in [0.2, 0.25) is 0 Å². The van der Waals surface area contributed by atoms with Crippen molar-refractivity contribution in [3.8, 4) is 0 Å². The number of nitrogens with one attached hydrogen (secondary N) is 1. The first kappa shape index (κ1) is 29.3. The molecule has 0 unspecified atom stereocenters. The van der Waals surface area contributed by atoms with Crippen molar-refractivity contribution in [2.24, 2.45) is 5.73 Å². The number of aryl methyl sites for hydroxylation is 1. The number of hydrogen-bond acceptors (Lipinski definition) is 4. The van der Waals surface area contributed by atoms with E-state index in [0.717, 1.165) is 68.4 Å². The molecule has 2 aromatic carbocycles. The van der Waals surface area contributed by atoms with Crippen molar-refractivity contribution in [1.29, 1.82) is 5.41 Å². The molecule has 0 aliphatic carbocycles. The number of rotatable bonds is 18. The number of aromatic nitrogens is 2. The number of unbranched alkanes of at least 4 members (excludes halogenated alkanes) is 5. The Balaban J connectivity index is 1.56. The lowest BCUT2D eigenvalue weighted by Gasteiger charge is -2.11. The highest BCUT2D eigenvalue weighted by molar-refractivity contribution is 5.97. The van der Waals surface area contributed by atoms with Crippen LogP contribution in [0.3, 0.4) is 0 Å². The fourth-order valence-corrected chi connectivity index (χ4v) is 4.74. The molecule has 0 atom stereocenters. The van der Waals surface area contributed by atoms with E-state index in [-0.39, 0.29) is 11.6 Å². The molecule has 0 fully saturated rings. The molecule has 0 bridgehead atoms. The van der Waals surface area contributed by atoms with Crippen LogP contribution in [-0.4, -0.2) is 35.1 Å². The zero-order valence-corrected chi connectivity index (χ0v) is 23.2. The fraction of sp³-hybridized carbons (Fsp3) is 0.469. The second kappa shape index (κ2) is 15.9. The summed E-state index contributed by atoms with van der Waals surface area (Å²) >= 11 is 0.